The molecular weight excluding hydrogens is 384 g/mol. The maximum absolute atomic E-state index is 5.07. The first-order valence-corrected chi connectivity index (χ1v) is 11.7. The number of aromatic amines is 1. The van der Waals surface area contributed by atoms with Gasteiger partial charge < -0.3 is 14.8 Å². The van der Waals surface area contributed by atoms with Crippen LogP contribution < -0.4 is 4.90 Å². The summed E-state index contributed by atoms with van der Waals surface area (Å²) in [6.45, 7) is 9.96. The zero-order valence-corrected chi connectivity index (χ0v) is 19.0. The maximum Gasteiger partial charge on any atom is 0.124 e. The predicted molar refractivity (Wildman–Crippen MR) is 126 cm³/mol. The summed E-state index contributed by atoms with van der Waals surface area (Å²) < 4.78 is 0. The van der Waals surface area contributed by atoms with Crippen molar-refractivity contribution in [1.82, 2.24) is 24.8 Å². The number of piperazine rings is 1. The fourth-order valence-corrected chi connectivity index (χ4v) is 5.40. The van der Waals surface area contributed by atoms with Crippen LogP contribution in [0.2, 0.25) is 0 Å². The Labute approximate surface area is 185 Å². The van der Waals surface area contributed by atoms with E-state index in [-0.39, 0.29) is 6.04 Å². The number of nitrogens with one attached hydrogen (secondary N) is 1. The van der Waals surface area contributed by atoms with E-state index in [9.17, 15) is 0 Å². The Morgan fingerprint density at radius 2 is 1.84 bits per heavy atom. The molecule has 31 heavy (non-hydrogen) atoms. The Bertz CT molecular complexity index is 1040. The SMILES string of the molecule is CCN1CCN(c2cccc3nc([C@H]4CCC[C@@H](c5ncccc5C)N4C)[nH]c23)CC1. The Balaban J connectivity index is 1.43. The molecule has 2 fully saturated rings. The van der Waals surface area contributed by atoms with Gasteiger partial charge in [-0.1, -0.05) is 19.1 Å². The first-order valence-electron chi connectivity index (χ1n) is 11.7. The lowest BCUT2D eigenvalue weighted by Crippen LogP contribution is -2.46. The standard InChI is InChI=1S/C25H34N6/c1-4-30-14-16-31(17-15-30)21-11-5-9-19-24(21)28-25(27-19)22-12-6-10-20(29(22)3)23-18(2)8-7-13-26-23/h5,7-9,11,13,20,22H,4,6,10,12,14-17H2,1-3H3,(H,27,28)/t20-,22+/m0/s1. The van der Waals surface area contributed by atoms with Gasteiger partial charge in [-0.25, -0.2) is 4.98 Å². The fourth-order valence-electron chi connectivity index (χ4n) is 5.40. The maximum atomic E-state index is 5.07. The van der Waals surface area contributed by atoms with Crippen molar-refractivity contribution < 1.29 is 0 Å². The van der Waals surface area contributed by atoms with Crippen molar-refractivity contribution in [3.05, 3.63) is 53.6 Å². The van der Waals surface area contributed by atoms with Gasteiger partial charge in [0.1, 0.15) is 5.82 Å². The van der Waals surface area contributed by atoms with Crippen LogP contribution in [0.15, 0.2) is 36.5 Å². The minimum absolute atomic E-state index is 0.289. The van der Waals surface area contributed by atoms with Gasteiger partial charge in [-0.2, -0.15) is 0 Å². The second-order valence-electron chi connectivity index (χ2n) is 9.05. The lowest BCUT2D eigenvalue weighted by atomic mass is 9.92. The highest BCUT2D eigenvalue weighted by Crippen LogP contribution is 2.40. The highest BCUT2D eigenvalue weighted by atomic mass is 15.3. The third kappa shape index (κ3) is 3.83. The van der Waals surface area contributed by atoms with Crippen molar-refractivity contribution in [3.63, 3.8) is 0 Å². The molecule has 2 aliphatic heterocycles. The molecule has 1 aromatic carbocycles. The Morgan fingerprint density at radius 3 is 2.61 bits per heavy atom. The van der Waals surface area contributed by atoms with E-state index in [1.807, 2.05) is 12.3 Å². The van der Waals surface area contributed by atoms with Crippen molar-refractivity contribution in [2.24, 2.45) is 0 Å². The van der Waals surface area contributed by atoms with Gasteiger partial charge in [0, 0.05) is 32.4 Å². The number of nitrogens with zero attached hydrogens (tertiary/aromatic N) is 5. The molecule has 0 aliphatic carbocycles. The molecule has 2 aromatic heterocycles. The van der Waals surface area contributed by atoms with Gasteiger partial charge in [0.2, 0.25) is 0 Å². The van der Waals surface area contributed by atoms with Crippen LogP contribution in [0.3, 0.4) is 0 Å². The number of H-pyrrole nitrogens is 1. The Morgan fingerprint density at radius 1 is 1.03 bits per heavy atom. The molecule has 0 amide bonds. The molecule has 1 N–H and O–H groups in total. The molecule has 6 heteroatoms. The molecule has 2 saturated heterocycles. The van der Waals surface area contributed by atoms with E-state index >= 15 is 0 Å². The summed E-state index contributed by atoms with van der Waals surface area (Å²) >= 11 is 0. The molecule has 3 aromatic rings. The van der Waals surface area contributed by atoms with Crippen LogP contribution >= 0.6 is 0 Å². The van der Waals surface area contributed by atoms with Crippen molar-refractivity contribution in [2.45, 2.75) is 45.2 Å². The summed E-state index contributed by atoms with van der Waals surface area (Å²) in [7, 11) is 2.24. The number of benzene rings is 1. The number of aromatic nitrogens is 3. The van der Waals surface area contributed by atoms with Gasteiger partial charge in [0.15, 0.2) is 0 Å². The summed E-state index contributed by atoms with van der Waals surface area (Å²) in [6.07, 6.45) is 5.39. The number of piperidine rings is 1. The number of aryl methyl sites for hydroxylation is 1. The summed E-state index contributed by atoms with van der Waals surface area (Å²) in [4.78, 5) is 21.1. The van der Waals surface area contributed by atoms with Gasteiger partial charge in [-0.15, -0.1) is 0 Å². The minimum Gasteiger partial charge on any atom is -0.367 e. The van der Waals surface area contributed by atoms with E-state index in [0.717, 1.165) is 56.9 Å². The molecule has 5 rings (SSSR count). The molecular formula is C25H34N6. The molecule has 2 atom stereocenters. The number of hydrogen-bond donors (Lipinski definition) is 1. The molecule has 164 valence electrons. The predicted octanol–water partition coefficient (Wildman–Crippen LogP) is 4.31. The van der Waals surface area contributed by atoms with Crippen molar-refractivity contribution in [3.8, 4) is 0 Å². The first kappa shape index (κ1) is 20.5. The number of rotatable bonds is 4. The number of pyridine rings is 1. The first-order chi connectivity index (χ1) is 15.2. The van der Waals surface area contributed by atoms with Gasteiger partial charge in [-0.05, 0) is 63.5 Å². The largest absolute Gasteiger partial charge is 0.367 e. The molecule has 6 nitrogen and oxygen atoms in total. The number of likely N-dealkylation sites (tertiary alicyclic amines) is 1. The van der Waals surface area contributed by atoms with Gasteiger partial charge >= 0.3 is 0 Å². The second-order valence-corrected chi connectivity index (χ2v) is 9.05. The smallest absolute Gasteiger partial charge is 0.124 e. The van der Waals surface area contributed by atoms with Gasteiger partial charge in [-0.3, -0.25) is 9.88 Å². The number of fused-ring (bicyclic) bond motifs is 1. The van der Waals surface area contributed by atoms with Crippen molar-refractivity contribution in [2.75, 3.05) is 44.7 Å². The monoisotopic (exact) mass is 418 g/mol. The average Bonchev–Trinajstić information content (AvgIpc) is 3.24. The average molecular weight is 419 g/mol. The minimum atomic E-state index is 0.289. The number of hydrogen-bond acceptors (Lipinski definition) is 5. The molecule has 2 aliphatic rings. The summed E-state index contributed by atoms with van der Waals surface area (Å²) in [6, 6.07) is 11.4. The highest BCUT2D eigenvalue weighted by molar-refractivity contribution is 5.89. The van der Waals surface area contributed by atoms with E-state index in [4.69, 9.17) is 9.97 Å². The van der Waals surface area contributed by atoms with Crippen molar-refractivity contribution in [1.29, 1.82) is 0 Å². The molecule has 0 unspecified atom stereocenters. The second kappa shape index (κ2) is 8.60. The lowest BCUT2D eigenvalue weighted by molar-refractivity contribution is 0.107. The van der Waals surface area contributed by atoms with Gasteiger partial charge in [0.25, 0.3) is 0 Å². The van der Waals surface area contributed by atoms with E-state index in [1.54, 1.807) is 0 Å². The highest BCUT2D eigenvalue weighted by Gasteiger charge is 2.33. The zero-order valence-electron chi connectivity index (χ0n) is 19.0. The Hall–Kier alpha value is -2.44. The number of imidazole rings is 1. The van der Waals surface area contributed by atoms with Crippen LogP contribution in [0.4, 0.5) is 5.69 Å². The third-order valence-electron chi connectivity index (χ3n) is 7.29. The molecule has 0 radical (unpaired) electrons. The van der Waals surface area contributed by atoms with Crippen LogP contribution in [0.1, 0.15) is 55.4 Å². The van der Waals surface area contributed by atoms with Crippen LogP contribution in [0.5, 0.6) is 0 Å². The van der Waals surface area contributed by atoms with Gasteiger partial charge in [0.05, 0.1) is 34.5 Å². The zero-order chi connectivity index (χ0) is 21.4. The number of anilines is 1. The van der Waals surface area contributed by atoms with E-state index < -0.39 is 0 Å². The van der Waals surface area contributed by atoms with Crippen LogP contribution in [-0.4, -0.2) is 64.5 Å². The van der Waals surface area contributed by atoms with E-state index in [1.165, 1.54) is 28.9 Å². The normalized spacial score (nSPS) is 23.5. The molecule has 0 bridgehead atoms. The van der Waals surface area contributed by atoms with E-state index in [2.05, 4.69) is 64.8 Å². The number of likely N-dealkylation sites (N-methyl/N-ethyl adjacent to an activating group) is 1. The van der Waals surface area contributed by atoms with Crippen LogP contribution in [0.25, 0.3) is 11.0 Å². The fraction of sp³-hybridized carbons (Fsp3) is 0.520. The third-order valence-corrected chi connectivity index (χ3v) is 7.29. The summed E-state index contributed by atoms with van der Waals surface area (Å²) in [5.41, 5.74) is 6.04. The molecule has 0 spiro atoms. The summed E-state index contributed by atoms with van der Waals surface area (Å²) in [5, 5.41) is 0. The quantitative estimate of drug-likeness (QED) is 0.684. The molecule has 0 saturated carbocycles. The van der Waals surface area contributed by atoms with Crippen molar-refractivity contribution >= 4 is 16.7 Å². The van der Waals surface area contributed by atoms with Crippen LogP contribution in [0, 0.1) is 6.92 Å². The van der Waals surface area contributed by atoms with Crippen LogP contribution in [-0.2, 0) is 0 Å². The summed E-state index contributed by atoms with van der Waals surface area (Å²) in [5.74, 6) is 1.09. The Kier molecular flexibility index (Phi) is 5.67. The van der Waals surface area contributed by atoms with E-state index in [0.29, 0.717) is 6.04 Å². The molecule has 4 heterocycles. The topological polar surface area (TPSA) is 51.3 Å². The number of para-hydroxylation sites is 1. The lowest BCUT2D eigenvalue weighted by Gasteiger charge is -2.38.